The van der Waals surface area contributed by atoms with Crippen LogP contribution < -0.4 is 15.8 Å². The third kappa shape index (κ3) is 6.69. The summed E-state index contributed by atoms with van der Waals surface area (Å²) in [4.78, 5) is 0. The largest absolute Gasteiger partial charge is 0.491 e. The summed E-state index contributed by atoms with van der Waals surface area (Å²) in [7, 11) is 0. The maximum atomic E-state index is 5.90. The summed E-state index contributed by atoms with van der Waals surface area (Å²) in [5.74, 6) is 0.791. The Kier molecular flexibility index (Phi) is 8.68. The number of rotatable bonds is 11. The van der Waals surface area contributed by atoms with Gasteiger partial charge in [0.2, 0.25) is 0 Å². The molecule has 0 aliphatic heterocycles. The number of hydrogen-bond donors (Lipinski definition) is 2. The highest BCUT2D eigenvalue weighted by Crippen LogP contribution is 2.25. The van der Waals surface area contributed by atoms with Gasteiger partial charge in [0.05, 0.1) is 12.3 Å². The zero-order valence-electron chi connectivity index (χ0n) is 13.1. The minimum Gasteiger partial charge on any atom is -0.491 e. The molecule has 0 radical (unpaired) electrons. The van der Waals surface area contributed by atoms with Crippen LogP contribution in [0.4, 0.5) is 11.4 Å². The molecular formula is C17H30N2O. The second-order valence-corrected chi connectivity index (χ2v) is 5.30. The third-order valence-corrected chi connectivity index (χ3v) is 3.33. The second-order valence-electron chi connectivity index (χ2n) is 5.30. The molecule has 1 aromatic carbocycles. The van der Waals surface area contributed by atoms with Gasteiger partial charge in [0.25, 0.3) is 0 Å². The lowest BCUT2D eigenvalue weighted by Crippen LogP contribution is -2.04. The molecule has 0 atom stereocenters. The quantitative estimate of drug-likeness (QED) is 0.450. The second kappa shape index (κ2) is 10.4. The van der Waals surface area contributed by atoms with Crippen molar-refractivity contribution in [2.45, 2.75) is 58.8 Å². The van der Waals surface area contributed by atoms with Gasteiger partial charge in [-0.25, -0.2) is 0 Å². The number of unbranched alkanes of at least 4 members (excludes halogenated alkanes) is 5. The zero-order valence-corrected chi connectivity index (χ0v) is 13.1. The van der Waals surface area contributed by atoms with Gasteiger partial charge in [0.15, 0.2) is 0 Å². The van der Waals surface area contributed by atoms with E-state index in [1.807, 2.05) is 18.2 Å². The Morgan fingerprint density at radius 1 is 1.00 bits per heavy atom. The Labute approximate surface area is 123 Å². The lowest BCUT2D eigenvalue weighted by Gasteiger charge is -2.11. The van der Waals surface area contributed by atoms with Crippen LogP contribution in [-0.4, -0.2) is 13.2 Å². The molecule has 0 bridgehead atoms. The van der Waals surface area contributed by atoms with Crippen LogP contribution >= 0.6 is 0 Å². The first kappa shape index (κ1) is 16.7. The molecule has 0 saturated heterocycles. The van der Waals surface area contributed by atoms with Gasteiger partial charge in [0.1, 0.15) is 5.75 Å². The normalized spacial score (nSPS) is 10.5. The van der Waals surface area contributed by atoms with Crippen molar-refractivity contribution in [3.63, 3.8) is 0 Å². The number of nitrogens with two attached hydrogens (primary N) is 1. The Morgan fingerprint density at radius 2 is 1.75 bits per heavy atom. The van der Waals surface area contributed by atoms with E-state index in [0.717, 1.165) is 24.4 Å². The maximum Gasteiger partial charge on any atom is 0.144 e. The molecule has 3 nitrogen and oxygen atoms in total. The van der Waals surface area contributed by atoms with Gasteiger partial charge >= 0.3 is 0 Å². The molecule has 3 heteroatoms. The lowest BCUT2D eigenvalue weighted by atomic mass is 10.1. The molecule has 1 rings (SSSR count). The van der Waals surface area contributed by atoms with Crippen LogP contribution in [0, 0.1) is 0 Å². The highest BCUT2D eigenvalue weighted by atomic mass is 16.5. The molecule has 3 N–H and O–H groups in total. The first-order valence-corrected chi connectivity index (χ1v) is 8.04. The van der Waals surface area contributed by atoms with Crippen molar-refractivity contribution in [3.05, 3.63) is 18.2 Å². The average Bonchev–Trinajstić information content (AvgIpc) is 2.46. The highest BCUT2D eigenvalue weighted by Gasteiger charge is 2.01. The first-order valence-electron chi connectivity index (χ1n) is 8.04. The van der Waals surface area contributed by atoms with E-state index in [4.69, 9.17) is 10.5 Å². The van der Waals surface area contributed by atoms with E-state index in [1.165, 1.54) is 38.5 Å². The summed E-state index contributed by atoms with van der Waals surface area (Å²) in [5, 5.41) is 3.44. The lowest BCUT2D eigenvalue weighted by molar-refractivity contribution is 0.319. The number of hydrogen-bond acceptors (Lipinski definition) is 3. The van der Waals surface area contributed by atoms with E-state index in [9.17, 15) is 0 Å². The van der Waals surface area contributed by atoms with E-state index >= 15 is 0 Å². The van der Waals surface area contributed by atoms with E-state index in [-0.39, 0.29) is 0 Å². The summed E-state index contributed by atoms with van der Waals surface area (Å²) in [6, 6.07) is 5.93. The molecule has 0 fully saturated rings. The SMILES string of the molecule is CCCCCCCCNc1ccc(N)c(OCCC)c1. The molecular weight excluding hydrogens is 248 g/mol. The van der Waals surface area contributed by atoms with Crippen LogP contribution in [-0.2, 0) is 0 Å². The summed E-state index contributed by atoms with van der Waals surface area (Å²) >= 11 is 0. The van der Waals surface area contributed by atoms with E-state index < -0.39 is 0 Å². The Bertz CT molecular complexity index is 366. The van der Waals surface area contributed by atoms with Crippen LogP contribution in [0.2, 0.25) is 0 Å². The maximum absolute atomic E-state index is 5.90. The number of anilines is 2. The molecule has 0 aliphatic carbocycles. The van der Waals surface area contributed by atoms with Crippen molar-refractivity contribution in [2.24, 2.45) is 0 Å². The van der Waals surface area contributed by atoms with Gasteiger partial charge < -0.3 is 15.8 Å². The molecule has 0 heterocycles. The fourth-order valence-corrected chi connectivity index (χ4v) is 2.12. The minimum atomic E-state index is 0.712. The predicted molar refractivity (Wildman–Crippen MR) is 88.5 cm³/mol. The number of ether oxygens (including phenoxy) is 1. The predicted octanol–water partition coefficient (Wildman–Crippen LogP) is 4.83. The fraction of sp³-hybridized carbons (Fsp3) is 0.647. The minimum absolute atomic E-state index is 0.712. The number of nitrogens with one attached hydrogen (secondary N) is 1. The molecule has 0 spiro atoms. The molecule has 0 aliphatic rings. The standard InChI is InChI=1S/C17H30N2O/c1-3-5-6-7-8-9-12-19-15-10-11-16(18)17(14-15)20-13-4-2/h10-11,14,19H,3-9,12-13,18H2,1-2H3. The first-order chi connectivity index (χ1) is 9.77. The Hall–Kier alpha value is -1.38. The van der Waals surface area contributed by atoms with E-state index in [2.05, 4.69) is 19.2 Å². The topological polar surface area (TPSA) is 47.3 Å². The van der Waals surface area contributed by atoms with Gasteiger partial charge in [-0.05, 0) is 25.0 Å². The van der Waals surface area contributed by atoms with E-state index in [1.54, 1.807) is 0 Å². The summed E-state index contributed by atoms with van der Waals surface area (Å²) in [6.45, 7) is 6.08. The van der Waals surface area contributed by atoms with Crippen LogP contribution in [0.5, 0.6) is 5.75 Å². The summed E-state index contributed by atoms with van der Waals surface area (Å²) < 4.78 is 5.63. The van der Waals surface area contributed by atoms with Crippen molar-refractivity contribution < 1.29 is 4.74 Å². The van der Waals surface area contributed by atoms with Crippen LogP contribution in [0.15, 0.2) is 18.2 Å². The van der Waals surface area contributed by atoms with E-state index in [0.29, 0.717) is 12.3 Å². The van der Waals surface area contributed by atoms with Crippen molar-refractivity contribution >= 4 is 11.4 Å². The van der Waals surface area contributed by atoms with Crippen LogP contribution in [0.25, 0.3) is 0 Å². The van der Waals surface area contributed by atoms with Crippen molar-refractivity contribution in [1.29, 1.82) is 0 Å². The molecule has 20 heavy (non-hydrogen) atoms. The third-order valence-electron chi connectivity index (χ3n) is 3.33. The monoisotopic (exact) mass is 278 g/mol. The molecule has 1 aromatic rings. The summed E-state index contributed by atoms with van der Waals surface area (Å²) in [5.41, 5.74) is 7.71. The Morgan fingerprint density at radius 3 is 2.50 bits per heavy atom. The van der Waals surface area contributed by atoms with Gasteiger partial charge in [-0.1, -0.05) is 46.0 Å². The smallest absolute Gasteiger partial charge is 0.144 e. The molecule has 0 saturated carbocycles. The summed E-state index contributed by atoms with van der Waals surface area (Å²) in [6.07, 6.45) is 8.92. The van der Waals surface area contributed by atoms with Gasteiger partial charge in [0, 0.05) is 18.3 Å². The van der Waals surface area contributed by atoms with Crippen LogP contribution in [0.1, 0.15) is 58.8 Å². The van der Waals surface area contributed by atoms with Crippen molar-refractivity contribution in [1.82, 2.24) is 0 Å². The molecule has 0 unspecified atom stereocenters. The van der Waals surface area contributed by atoms with Gasteiger partial charge in [-0.3, -0.25) is 0 Å². The molecule has 114 valence electrons. The molecule has 0 amide bonds. The van der Waals surface area contributed by atoms with Crippen molar-refractivity contribution in [3.8, 4) is 5.75 Å². The fourth-order valence-electron chi connectivity index (χ4n) is 2.12. The highest BCUT2D eigenvalue weighted by molar-refractivity contribution is 5.61. The van der Waals surface area contributed by atoms with Gasteiger partial charge in [-0.15, -0.1) is 0 Å². The Balaban J connectivity index is 2.26. The molecule has 0 aromatic heterocycles. The van der Waals surface area contributed by atoms with Gasteiger partial charge in [-0.2, -0.15) is 0 Å². The zero-order chi connectivity index (χ0) is 14.6. The average molecular weight is 278 g/mol. The number of nitrogen functional groups attached to an aromatic ring is 1. The van der Waals surface area contributed by atoms with Crippen molar-refractivity contribution in [2.75, 3.05) is 24.2 Å². The van der Waals surface area contributed by atoms with Crippen LogP contribution in [0.3, 0.4) is 0 Å². The number of benzene rings is 1.